The van der Waals surface area contributed by atoms with E-state index in [9.17, 15) is 14.3 Å². The van der Waals surface area contributed by atoms with E-state index in [1.165, 1.54) is 29.0 Å². The summed E-state index contributed by atoms with van der Waals surface area (Å²) in [7, 11) is 3.81. The van der Waals surface area contributed by atoms with Gasteiger partial charge < -0.3 is 10.0 Å². The summed E-state index contributed by atoms with van der Waals surface area (Å²) < 4.78 is 14.6. The summed E-state index contributed by atoms with van der Waals surface area (Å²) in [5.74, 6) is -0.853. The molecule has 0 aliphatic rings. The number of aromatic hydroxyl groups is 1. The number of likely N-dealkylation sites (N-methyl/N-ethyl adjacent to an activating group) is 1. The topological polar surface area (TPSA) is 73.6 Å². The molecule has 0 aliphatic carbocycles. The number of hydrogen-bond acceptors (Lipinski definition) is 5. The second-order valence-electron chi connectivity index (χ2n) is 5.15. The zero-order valence-electron chi connectivity index (χ0n) is 12.8. The summed E-state index contributed by atoms with van der Waals surface area (Å²) in [6, 6.07) is 5.55. The highest BCUT2D eigenvalue weighted by Crippen LogP contribution is 2.19. The molecule has 1 aromatic carbocycles. The first kappa shape index (κ1) is 17.0. The van der Waals surface area contributed by atoms with Crippen molar-refractivity contribution in [2.75, 3.05) is 27.2 Å². The molecule has 122 valence electrons. The zero-order valence-corrected chi connectivity index (χ0v) is 13.6. The number of aliphatic imine (C=N–C) groups is 1. The first-order valence-corrected chi connectivity index (χ1v) is 7.30. The van der Waals surface area contributed by atoms with Gasteiger partial charge in [0.15, 0.2) is 4.77 Å². The smallest absolute Gasteiger partial charge is 0.264 e. The van der Waals surface area contributed by atoms with E-state index in [4.69, 9.17) is 12.2 Å². The van der Waals surface area contributed by atoms with E-state index in [2.05, 4.69) is 9.98 Å². The Morgan fingerprint density at radius 2 is 2.22 bits per heavy atom. The average molecular weight is 336 g/mol. The lowest BCUT2D eigenvalue weighted by Gasteiger charge is -2.11. The van der Waals surface area contributed by atoms with Gasteiger partial charge in [-0.2, -0.15) is 0 Å². The molecule has 0 atom stereocenters. The van der Waals surface area contributed by atoms with Crippen molar-refractivity contribution in [2.24, 2.45) is 4.99 Å². The molecule has 2 N–H and O–H groups in total. The van der Waals surface area contributed by atoms with Crippen LogP contribution in [0, 0.1) is 10.6 Å². The fourth-order valence-corrected chi connectivity index (χ4v) is 2.21. The zero-order chi connectivity index (χ0) is 17.0. The minimum atomic E-state index is -0.547. The van der Waals surface area contributed by atoms with Crippen LogP contribution in [-0.4, -0.2) is 53.0 Å². The lowest BCUT2D eigenvalue weighted by molar-refractivity contribution is 0.420. The maximum atomic E-state index is 13.4. The molecule has 2 rings (SSSR count). The third-order valence-electron chi connectivity index (χ3n) is 3.08. The molecule has 0 bridgehead atoms. The van der Waals surface area contributed by atoms with Gasteiger partial charge in [-0.05, 0) is 44.5 Å². The van der Waals surface area contributed by atoms with E-state index in [1.807, 2.05) is 19.0 Å². The Balaban J connectivity index is 2.48. The van der Waals surface area contributed by atoms with Crippen molar-refractivity contribution in [3.63, 3.8) is 0 Å². The molecule has 0 unspecified atom stereocenters. The fourth-order valence-electron chi connectivity index (χ4n) is 1.92. The highest BCUT2D eigenvalue weighted by atomic mass is 32.1. The monoisotopic (exact) mass is 336 g/mol. The van der Waals surface area contributed by atoms with E-state index >= 15 is 0 Å². The fraction of sp³-hybridized carbons (Fsp3) is 0.267. The minimum absolute atomic E-state index is 0.0245. The molecule has 6 nitrogen and oxygen atoms in total. The van der Waals surface area contributed by atoms with E-state index < -0.39 is 11.4 Å². The van der Waals surface area contributed by atoms with Gasteiger partial charge in [0.05, 0.1) is 12.2 Å². The molecule has 2 aromatic rings. The van der Waals surface area contributed by atoms with Crippen molar-refractivity contribution in [3.05, 3.63) is 50.8 Å². The van der Waals surface area contributed by atoms with Gasteiger partial charge in [-0.3, -0.25) is 19.3 Å². The van der Waals surface area contributed by atoms with Crippen molar-refractivity contribution in [1.29, 1.82) is 0 Å². The Morgan fingerprint density at radius 3 is 2.87 bits per heavy atom. The SMILES string of the molecule is CN(C)CCN=Cc1c(O)n(-c2cccc(F)c2)c(=S)[nH]c1=O. The maximum Gasteiger partial charge on any atom is 0.264 e. The van der Waals surface area contributed by atoms with Crippen LogP contribution in [0.2, 0.25) is 0 Å². The lowest BCUT2D eigenvalue weighted by Crippen LogP contribution is -2.19. The van der Waals surface area contributed by atoms with Crippen LogP contribution < -0.4 is 5.56 Å². The molecule has 0 spiro atoms. The van der Waals surface area contributed by atoms with Crippen molar-refractivity contribution < 1.29 is 9.50 Å². The Bertz CT molecular complexity index is 842. The second kappa shape index (κ2) is 7.30. The minimum Gasteiger partial charge on any atom is -0.494 e. The first-order chi connectivity index (χ1) is 10.9. The van der Waals surface area contributed by atoms with E-state index in [1.54, 1.807) is 6.07 Å². The van der Waals surface area contributed by atoms with Gasteiger partial charge >= 0.3 is 0 Å². The van der Waals surface area contributed by atoms with Crippen molar-refractivity contribution in [2.45, 2.75) is 0 Å². The third-order valence-corrected chi connectivity index (χ3v) is 3.37. The van der Waals surface area contributed by atoms with E-state index in [0.717, 1.165) is 0 Å². The van der Waals surface area contributed by atoms with Crippen LogP contribution >= 0.6 is 12.2 Å². The molecule has 0 fully saturated rings. The number of hydrogen-bond donors (Lipinski definition) is 2. The Labute approximate surface area is 137 Å². The molecular formula is C15H17FN4O2S. The van der Waals surface area contributed by atoms with E-state index in [0.29, 0.717) is 18.8 Å². The summed E-state index contributed by atoms with van der Waals surface area (Å²) in [5, 5.41) is 10.4. The average Bonchev–Trinajstić information content (AvgIpc) is 2.45. The van der Waals surface area contributed by atoms with Gasteiger partial charge in [-0.15, -0.1) is 0 Å². The number of nitrogens with one attached hydrogen (secondary N) is 1. The van der Waals surface area contributed by atoms with Crippen LogP contribution in [0.4, 0.5) is 4.39 Å². The molecule has 1 aromatic heterocycles. The van der Waals surface area contributed by atoms with Gasteiger partial charge in [0.25, 0.3) is 5.56 Å². The quantitative estimate of drug-likeness (QED) is 0.644. The van der Waals surface area contributed by atoms with Crippen molar-refractivity contribution in [3.8, 4) is 11.6 Å². The highest BCUT2D eigenvalue weighted by molar-refractivity contribution is 7.71. The Hall–Kier alpha value is -2.32. The molecule has 0 amide bonds. The first-order valence-electron chi connectivity index (χ1n) is 6.89. The maximum absolute atomic E-state index is 13.4. The van der Waals surface area contributed by atoms with E-state index in [-0.39, 0.29) is 16.2 Å². The van der Waals surface area contributed by atoms with Crippen LogP contribution in [0.15, 0.2) is 34.1 Å². The van der Waals surface area contributed by atoms with Crippen LogP contribution in [0.5, 0.6) is 5.88 Å². The van der Waals surface area contributed by atoms with Crippen LogP contribution in [-0.2, 0) is 0 Å². The van der Waals surface area contributed by atoms with Gasteiger partial charge in [0.1, 0.15) is 11.4 Å². The second-order valence-corrected chi connectivity index (χ2v) is 5.54. The Morgan fingerprint density at radius 1 is 1.48 bits per heavy atom. The van der Waals surface area contributed by atoms with Crippen molar-refractivity contribution in [1.82, 2.24) is 14.5 Å². The van der Waals surface area contributed by atoms with Gasteiger partial charge in [-0.1, -0.05) is 6.07 Å². The summed E-state index contributed by atoms with van der Waals surface area (Å²) >= 11 is 5.06. The number of nitrogens with zero attached hydrogens (tertiary/aromatic N) is 3. The van der Waals surface area contributed by atoms with Gasteiger partial charge in [0, 0.05) is 12.8 Å². The molecule has 0 saturated heterocycles. The number of aromatic nitrogens is 2. The summed E-state index contributed by atoms with van der Waals surface area (Å²) in [5.41, 5.74) is -0.262. The number of rotatable bonds is 5. The third kappa shape index (κ3) is 4.11. The summed E-state index contributed by atoms with van der Waals surface area (Å²) in [6.45, 7) is 1.18. The van der Waals surface area contributed by atoms with Crippen LogP contribution in [0.25, 0.3) is 5.69 Å². The Kier molecular flexibility index (Phi) is 5.41. The standard InChI is InChI=1S/C15H17FN4O2S/c1-19(2)7-6-17-9-12-13(21)18-15(23)20(14(12)22)11-5-3-4-10(16)8-11/h3-5,8-9,22H,6-7H2,1-2H3,(H,18,21,23). The number of aromatic amines is 1. The molecule has 23 heavy (non-hydrogen) atoms. The van der Waals surface area contributed by atoms with Crippen molar-refractivity contribution >= 4 is 18.4 Å². The largest absolute Gasteiger partial charge is 0.494 e. The van der Waals surface area contributed by atoms with Gasteiger partial charge in [0.2, 0.25) is 5.88 Å². The van der Waals surface area contributed by atoms with Crippen LogP contribution in [0.1, 0.15) is 5.56 Å². The molecule has 0 saturated carbocycles. The van der Waals surface area contributed by atoms with Crippen LogP contribution in [0.3, 0.4) is 0 Å². The molecule has 1 heterocycles. The predicted molar refractivity (Wildman–Crippen MR) is 89.9 cm³/mol. The lowest BCUT2D eigenvalue weighted by atomic mass is 10.3. The van der Waals surface area contributed by atoms with Gasteiger partial charge in [-0.25, -0.2) is 4.39 Å². The summed E-state index contributed by atoms with van der Waals surface area (Å²) in [4.78, 5) is 20.5. The summed E-state index contributed by atoms with van der Waals surface area (Å²) in [6.07, 6.45) is 1.29. The number of H-pyrrole nitrogens is 1. The molecule has 0 aliphatic heterocycles. The highest BCUT2D eigenvalue weighted by Gasteiger charge is 2.12. The number of benzene rings is 1. The molecule has 0 radical (unpaired) electrons. The molecular weight excluding hydrogens is 319 g/mol. The normalized spacial score (nSPS) is 11.5. The predicted octanol–water partition coefficient (Wildman–Crippen LogP) is 1.72. The molecule has 8 heteroatoms. The number of halogens is 1.